The molecule has 0 fully saturated rings. The summed E-state index contributed by atoms with van der Waals surface area (Å²) in [5, 5.41) is 21.5. The van der Waals surface area contributed by atoms with Crippen molar-refractivity contribution in [2.45, 2.75) is 25.3 Å². The van der Waals surface area contributed by atoms with Crippen molar-refractivity contribution in [3.8, 4) is 0 Å². The zero-order valence-corrected chi connectivity index (χ0v) is 11.8. The lowest BCUT2D eigenvalue weighted by atomic mass is 9.80. The largest absolute Gasteiger partial charge is 0.514 e. The lowest BCUT2D eigenvalue weighted by Crippen LogP contribution is -2.30. The molecule has 0 radical (unpaired) electrons. The Morgan fingerprint density at radius 2 is 2.05 bits per heavy atom. The third-order valence-electron chi connectivity index (χ3n) is 3.66. The second-order valence-corrected chi connectivity index (χ2v) is 5.23. The minimum atomic E-state index is -0.727. The number of carbonyl (C=O) groups excluding carboxylic acids is 1. The number of hydrogen-bond donors (Lipinski definition) is 0. The first kappa shape index (κ1) is 14.1. The Morgan fingerprint density at radius 1 is 1.32 bits per heavy atom. The number of carbonyl (C=O) groups is 1. The summed E-state index contributed by atoms with van der Waals surface area (Å²) in [5.41, 5.74) is 1.93. The van der Waals surface area contributed by atoms with Crippen molar-refractivity contribution in [1.82, 2.24) is 20.2 Å². The minimum Gasteiger partial charge on any atom is -0.390 e. The Labute approximate surface area is 125 Å². The maximum absolute atomic E-state index is 12.4. The van der Waals surface area contributed by atoms with Gasteiger partial charge in [-0.25, -0.2) is 0 Å². The summed E-state index contributed by atoms with van der Waals surface area (Å²) < 4.78 is 0. The standard InChI is InChI=1S/C14H13N5O3/c1-9-7-11(10-5-3-2-4-6-10)13(12(20)8-9)18-16-14(15-17-18)19(21)22/h2-6,8,11,13H,7H2,1H3/t11-,13+/m0/s1. The zero-order chi connectivity index (χ0) is 15.7. The lowest BCUT2D eigenvalue weighted by Gasteiger charge is -2.27. The van der Waals surface area contributed by atoms with Crippen molar-refractivity contribution in [3.63, 3.8) is 0 Å². The van der Waals surface area contributed by atoms with Crippen LogP contribution in [0.25, 0.3) is 0 Å². The molecule has 1 aromatic heterocycles. The van der Waals surface area contributed by atoms with E-state index in [0.717, 1.165) is 15.9 Å². The topological polar surface area (TPSA) is 104 Å². The highest BCUT2D eigenvalue weighted by Gasteiger charge is 2.38. The molecular weight excluding hydrogens is 286 g/mol. The van der Waals surface area contributed by atoms with Crippen molar-refractivity contribution in [2.75, 3.05) is 0 Å². The first-order valence-corrected chi connectivity index (χ1v) is 6.76. The molecule has 22 heavy (non-hydrogen) atoms. The summed E-state index contributed by atoms with van der Waals surface area (Å²) in [5.74, 6) is -0.955. The first-order valence-electron chi connectivity index (χ1n) is 6.76. The molecule has 0 unspecified atom stereocenters. The van der Waals surface area contributed by atoms with Gasteiger partial charge in [0.05, 0.1) is 10.2 Å². The van der Waals surface area contributed by atoms with Gasteiger partial charge in [-0.2, -0.15) is 0 Å². The predicted molar refractivity (Wildman–Crippen MR) is 76.1 cm³/mol. The number of benzene rings is 1. The second kappa shape index (κ2) is 5.47. The minimum absolute atomic E-state index is 0.174. The van der Waals surface area contributed by atoms with Gasteiger partial charge in [-0.05, 0) is 29.9 Å². The van der Waals surface area contributed by atoms with E-state index in [0.29, 0.717) is 6.42 Å². The maximum Gasteiger partial charge on any atom is 0.514 e. The zero-order valence-electron chi connectivity index (χ0n) is 11.8. The summed E-state index contributed by atoms with van der Waals surface area (Å²) in [6.07, 6.45) is 2.20. The number of rotatable bonds is 3. The number of hydrogen-bond acceptors (Lipinski definition) is 6. The van der Waals surface area contributed by atoms with Crippen LogP contribution in [0.5, 0.6) is 0 Å². The molecule has 1 aliphatic carbocycles. The van der Waals surface area contributed by atoms with Crippen LogP contribution in [-0.4, -0.2) is 30.9 Å². The maximum atomic E-state index is 12.4. The smallest absolute Gasteiger partial charge is 0.390 e. The van der Waals surface area contributed by atoms with E-state index < -0.39 is 16.9 Å². The van der Waals surface area contributed by atoms with Gasteiger partial charge in [0.15, 0.2) is 11.8 Å². The van der Waals surface area contributed by atoms with Crippen LogP contribution < -0.4 is 0 Å². The second-order valence-electron chi connectivity index (χ2n) is 5.23. The van der Waals surface area contributed by atoms with Crippen molar-refractivity contribution in [1.29, 1.82) is 0 Å². The molecule has 0 N–H and O–H groups in total. The number of nitro groups is 1. The molecule has 0 aliphatic heterocycles. The fourth-order valence-electron chi connectivity index (χ4n) is 2.73. The molecule has 8 nitrogen and oxygen atoms in total. The fraction of sp³-hybridized carbons (Fsp3) is 0.286. The monoisotopic (exact) mass is 299 g/mol. The van der Waals surface area contributed by atoms with E-state index in [1.807, 2.05) is 37.3 Å². The molecule has 0 amide bonds. The van der Waals surface area contributed by atoms with Crippen LogP contribution in [0, 0.1) is 10.1 Å². The molecule has 0 spiro atoms. The number of tetrazole rings is 1. The Bertz CT molecular complexity index is 753. The molecule has 8 heteroatoms. The van der Waals surface area contributed by atoms with Gasteiger partial charge >= 0.3 is 5.95 Å². The van der Waals surface area contributed by atoms with Crippen LogP contribution in [0.3, 0.4) is 0 Å². The molecule has 2 atom stereocenters. The van der Waals surface area contributed by atoms with E-state index in [1.165, 1.54) is 0 Å². The van der Waals surface area contributed by atoms with Gasteiger partial charge < -0.3 is 10.1 Å². The van der Waals surface area contributed by atoms with E-state index in [4.69, 9.17) is 0 Å². The number of nitrogens with zero attached hydrogens (tertiary/aromatic N) is 5. The van der Waals surface area contributed by atoms with Gasteiger partial charge in [0, 0.05) is 11.1 Å². The molecule has 112 valence electrons. The molecule has 2 aromatic rings. The van der Waals surface area contributed by atoms with E-state index >= 15 is 0 Å². The van der Waals surface area contributed by atoms with Crippen molar-refractivity contribution in [3.05, 3.63) is 57.7 Å². The summed E-state index contributed by atoms with van der Waals surface area (Å²) in [6, 6.07) is 8.81. The predicted octanol–water partition coefficient (Wildman–Crippen LogP) is 1.83. The summed E-state index contributed by atoms with van der Waals surface area (Å²) in [4.78, 5) is 23.4. The highest BCUT2D eigenvalue weighted by molar-refractivity contribution is 5.95. The van der Waals surface area contributed by atoms with Gasteiger partial charge in [-0.15, -0.1) is 0 Å². The molecule has 0 bridgehead atoms. The number of allylic oxidation sites excluding steroid dienone is 2. The van der Waals surface area contributed by atoms with Gasteiger partial charge in [-0.3, -0.25) is 4.79 Å². The molecule has 0 saturated carbocycles. The van der Waals surface area contributed by atoms with Crippen LogP contribution in [-0.2, 0) is 4.79 Å². The van der Waals surface area contributed by atoms with Gasteiger partial charge in [0.2, 0.25) is 0 Å². The van der Waals surface area contributed by atoms with Crippen LogP contribution in [0.4, 0.5) is 5.95 Å². The van der Waals surface area contributed by atoms with Crippen molar-refractivity contribution in [2.24, 2.45) is 0 Å². The first-order chi connectivity index (χ1) is 10.6. The van der Waals surface area contributed by atoms with E-state index in [-0.39, 0.29) is 11.7 Å². The van der Waals surface area contributed by atoms with Crippen LogP contribution >= 0.6 is 0 Å². The lowest BCUT2D eigenvalue weighted by molar-refractivity contribution is -0.394. The van der Waals surface area contributed by atoms with Gasteiger partial charge in [0.25, 0.3) is 0 Å². The quantitative estimate of drug-likeness (QED) is 0.632. The SMILES string of the molecule is CC1=CC(=O)[C@H](n2nnc([N+](=O)[O-])n2)[C@H](c2ccccc2)C1. The summed E-state index contributed by atoms with van der Waals surface area (Å²) >= 11 is 0. The van der Waals surface area contributed by atoms with E-state index in [2.05, 4.69) is 15.4 Å². The van der Waals surface area contributed by atoms with Crippen LogP contribution in [0.15, 0.2) is 42.0 Å². The molecule has 1 heterocycles. The fourth-order valence-corrected chi connectivity index (χ4v) is 2.73. The van der Waals surface area contributed by atoms with Crippen molar-refractivity contribution >= 4 is 11.7 Å². The van der Waals surface area contributed by atoms with Crippen LogP contribution in [0.2, 0.25) is 0 Å². The third-order valence-corrected chi connectivity index (χ3v) is 3.66. The molecule has 0 saturated heterocycles. The molecule has 3 rings (SSSR count). The highest BCUT2D eigenvalue weighted by Crippen LogP contribution is 2.38. The molecule has 1 aromatic carbocycles. The molecule has 1 aliphatic rings. The number of aromatic nitrogens is 4. The Morgan fingerprint density at radius 3 is 2.68 bits per heavy atom. The average Bonchev–Trinajstić information content (AvgIpc) is 2.97. The van der Waals surface area contributed by atoms with Crippen molar-refractivity contribution < 1.29 is 9.72 Å². The van der Waals surface area contributed by atoms with E-state index in [9.17, 15) is 14.9 Å². The van der Waals surface area contributed by atoms with E-state index in [1.54, 1.807) is 6.08 Å². The van der Waals surface area contributed by atoms with Gasteiger partial charge in [-0.1, -0.05) is 40.7 Å². The summed E-state index contributed by atoms with van der Waals surface area (Å²) in [6.45, 7) is 1.89. The number of ketones is 1. The highest BCUT2D eigenvalue weighted by atomic mass is 16.6. The molecular formula is C14H13N5O3. The van der Waals surface area contributed by atoms with Crippen LogP contribution in [0.1, 0.15) is 30.9 Å². The summed E-state index contributed by atoms with van der Waals surface area (Å²) in [7, 11) is 0. The third kappa shape index (κ3) is 2.50. The Kier molecular flexibility index (Phi) is 3.50. The Hall–Kier alpha value is -2.90. The van der Waals surface area contributed by atoms with Gasteiger partial charge in [0.1, 0.15) is 0 Å². The Balaban J connectivity index is 2.04. The average molecular weight is 299 g/mol. The normalized spacial score (nSPS) is 21.5.